The molecule has 0 heterocycles. The maximum Gasteiger partial charge on any atom is 0.303 e. The number of carboxylic acids is 1. The number of para-hydroxylation sites is 1. The number of anilines is 1. The average Bonchev–Trinajstić information content (AvgIpc) is 2.41. The van der Waals surface area contributed by atoms with E-state index >= 15 is 0 Å². The van der Waals surface area contributed by atoms with Gasteiger partial charge in [-0.1, -0.05) is 25.5 Å². The first-order valence-electron chi connectivity index (χ1n) is 7.09. The zero-order chi connectivity index (χ0) is 15.9. The predicted molar refractivity (Wildman–Crippen MR) is 83.3 cm³/mol. The summed E-state index contributed by atoms with van der Waals surface area (Å²) in [5, 5.41) is 11.9. The minimum absolute atomic E-state index is 0.179. The van der Waals surface area contributed by atoms with Gasteiger partial charge in [-0.05, 0) is 30.9 Å². The Morgan fingerprint density at radius 3 is 2.52 bits per heavy atom. The normalized spacial score (nSPS) is 12.9. The van der Waals surface area contributed by atoms with Crippen molar-refractivity contribution in [2.75, 3.05) is 18.1 Å². The number of carboxylic acid groups (broad SMARTS) is 1. The lowest BCUT2D eigenvalue weighted by Gasteiger charge is -2.16. The van der Waals surface area contributed by atoms with Crippen molar-refractivity contribution in [2.24, 2.45) is 5.92 Å². The van der Waals surface area contributed by atoms with Crippen LogP contribution in [0, 0.1) is 5.92 Å². The highest BCUT2D eigenvalue weighted by Crippen LogP contribution is 2.21. The smallest absolute Gasteiger partial charge is 0.303 e. The molecule has 1 unspecified atom stereocenters. The van der Waals surface area contributed by atoms with E-state index in [0.717, 1.165) is 12.8 Å². The highest BCUT2D eigenvalue weighted by atomic mass is 32.2. The fraction of sp³-hybridized carbons (Fsp3) is 0.533. The Bertz CT molecular complexity index is 569. The molecule has 1 rings (SSSR count). The van der Waals surface area contributed by atoms with Crippen LogP contribution in [-0.2, 0) is 14.6 Å². The largest absolute Gasteiger partial charge is 0.481 e. The summed E-state index contributed by atoms with van der Waals surface area (Å²) < 4.78 is 23.4. The van der Waals surface area contributed by atoms with Crippen LogP contribution in [0.25, 0.3) is 0 Å². The number of carbonyl (C=O) groups is 1. The molecule has 0 aliphatic carbocycles. The molecule has 0 saturated carbocycles. The Morgan fingerprint density at radius 1 is 1.29 bits per heavy atom. The maximum absolute atomic E-state index is 11.7. The third kappa shape index (κ3) is 6.16. The van der Waals surface area contributed by atoms with Crippen LogP contribution in [0.15, 0.2) is 29.2 Å². The molecule has 118 valence electrons. The van der Waals surface area contributed by atoms with Crippen LogP contribution in [0.4, 0.5) is 5.69 Å². The summed E-state index contributed by atoms with van der Waals surface area (Å²) in [6.45, 7) is 2.67. The standard InChI is InChI=1S/C15H23NO4S/c1-3-12(8-9-15(17)18)10-11-16-13-6-4-5-7-14(13)21(2,19)20/h4-7,12,16H,3,8-11H2,1-2H3,(H,17,18). The van der Waals surface area contributed by atoms with Crippen LogP contribution in [0.3, 0.4) is 0 Å². The van der Waals surface area contributed by atoms with Gasteiger partial charge in [-0.3, -0.25) is 4.79 Å². The molecule has 0 bridgehead atoms. The van der Waals surface area contributed by atoms with Gasteiger partial charge in [0, 0.05) is 19.2 Å². The maximum atomic E-state index is 11.7. The summed E-state index contributed by atoms with van der Waals surface area (Å²) in [6, 6.07) is 6.82. The van der Waals surface area contributed by atoms with Crippen LogP contribution in [0.2, 0.25) is 0 Å². The lowest BCUT2D eigenvalue weighted by atomic mass is 9.96. The van der Waals surface area contributed by atoms with Gasteiger partial charge in [0.15, 0.2) is 9.84 Å². The van der Waals surface area contributed by atoms with Gasteiger partial charge in [0.2, 0.25) is 0 Å². The zero-order valence-corrected chi connectivity index (χ0v) is 13.3. The summed E-state index contributed by atoms with van der Waals surface area (Å²) in [5.41, 5.74) is 0.605. The second-order valence-electron chi connectivity index (χ2n) is 5.19. The van der Waals surface area contributed by atoms with Gasteiger partial charge in [-0.2, -0.15) is 0 Å². The molecular weight excluding hydrogens is 290 g/mol. The average molecular weight is 313 g/mol. The molecule has 6 heteroatoms. The molecule has 0 spiro atoms. The molecule has 1 aromatic rings. The Hall–Kier alpha value is -1.56. The Balaban J connectivity index is 2.58. The topological polar surface area (TPSA) is 83.5 Å². The van der Waals surface area contributed by atoms with E-state index in [1.165, 1.54) is 6.26 Å². The Kier molecular flexibility index (Phi) is 6.68. The molecule has 0 aliphatic heterocycles. The van der Waals surface area contributed by atoms with E-state index in [1.807, 2.05) is 6.92 Å². The van der Waals surface area contributed by atoms with Gasteiger partial charge in [0.05, 0.1) is 10.6 Å². The van der Waals surface area contributed by atoms with E-state index < -0.39 is 15.8 Å². The fourth-order valence-electron chi connectivity index (χ4n) is 2.23. The Labute approximate surface area is 126 Å². The van der Waals surface area contributed by atoms with Crippen LogP contribution < -0.4 is 5.32 Å². The Morgan fingerprint density at radius 2 is 1.95 bits per heavy atom. The van der Waals surface area contributed by atoms with Gasteiger partial charge in [-0.25, -0.2) is 8.42 Å². The number of aliphatic carboxylic acids is 1. The molecule has 0 aliphatic rings. The number of sulfone groups is 1. The SMILES string of the molecule is CCC(CCNc1ccccc1S(C)(=O)=O)CCC(=O)O. The lowest BCUT2D eigenvalue weighted by molar-refractivity contribution is -0.137. The number of benzene rings is 1. The van der Waals surface area contributed by atoms with Crippen molar-refractivity contribution in [2.45, 2.75) is 37.5 Å². The zero-order valence-electron chi connectivity index (χ0n) is 12.5. The first-order chi connectivity index (χ1) is 9.84. The van der Waals surface area contributed by atoms with E-state index in [0.29, 0.717) is 29.5 Å². The first-order valence-corrected chi connectivity index (χ1v) is 8.98. The highest BCUT2D eigenvalue weighted by Gasteiger charge is 2.13. The number of hydrogen-bond donors (Lipinski definition) is 2. The van der Waals surface area contributed by atoms with E-state index in [-0.39, 0.29) is 6.42 Å². The second kappa shape index (κ2) is 8.02. The number of nitrogens with one attached hydrogen (secondary N) is 1. The first kappa shape index (κ1) is 17.5. The molecule has 0 radical (unpaired) electrons. The van der Waals surface area contributed by atoms with Gasteiger partial charge < -0.3 is 10.4 Å². The third-order valence-corrected chi connectivity index (χ3v) is 4.65. The van der Waals surface area contributed by atoms with Crippen LogP contribution >= 0.6 is 0 Å². The second-order valence-corrected chi connectivity index (χ2v) is 7.17. The summed E-state index contributed by atoms with van der Waals surface area (Å²) in [6.07, 6.45) is 3.76. The molecule has 5 nitrogen and oxygen atoms in total. The van der Waals surface area contributed by atoms with Crippen LogP contribution in [0.1, 0.15) is 32.6 Å². The van der Waals surface area contributed by atoms with Gasteiger partial charge in [-0.15, -0.1) is 0 Å². The number of hydrogen-bond acceptors (Lipinski definition) is 4. The number of rotatable bonds is 9. The van der Waals surface area contributed by atoms with Crippen LogP contribution in [-0.4, -0.2) is 32.3 Å². The van der Waals surface area contributed by atoms with Gasteiger partial charge in [0.25, 0.3) is 0 Å². The fourth-order valence-corrected chi connectivity index (χ4v) is 3.09. The van der Waals surface area contributed by atoms with Crippen molar-refractivity contribution in [3.05, 3.63) is 24.3 Å². The van der Waals surface area contributed by atoms with Crippen molar-refractivity contribution >= 4 is 21.5 Å². The van der Waals surface area contributed by atoms with Crippen molar-refractivity contribution in [3.8, 4) is 0 Å². The van der Waals surface area contributed by atoms with Crippen molar-refractivity contribution in [1.82, 2.24) is 0 Å². The third-order valence-electron chi connectivity index (χ3n) is 3.50. The highest BCUT2D eigenvalue weighted by molar-refractivity contribution is 7.90. The molecule has 0 aromatic heterocycles. The summed E-state index contributed by atoms with van der Waals surface area (Å²) >= 11 is 0. The van der Waals surface area contributed by atoms with Gasteiger partial charge in [0.1, 0.15) is 0 Å². The molecule has 0 amide bonds. The van der Waals surface area contributed by atoms with Crippen LogP contribution in [0.5, 0.6) is 0 Å². The molecule has 1 aromatic carbocycles. The minimum Gasteiger partial charge on any atom is -0.481 e. The van der Waals surface area contributed by atoms with Gasteiger partial charge >= 0.3 is 5.97 Å². The van der Waals surface area contributed by atoms with Crippen molar-refractivity contribution in [3.63, 3.8) is 0 Å². The molecule has 0 fully saturated rings. The van der Waals surface area contributed by atoms with E-state index in [1.54, 1.807) is 24.3 Å². The molecule has 1 atom stereocenters. The summed E-state index contributed by atoms with van der Waals surface area (Å²) in [4.78, 5) is 10.9. The van der Waals surface area contributed by atoms with E-state index in [9.17, 15) is 13.2 Å². The monoisotopic (exact) mass is 313 g/mol. The predicted octanol–water partition coefficient (Wildman–Crippen LogP) is 2.78. The molecule has 21 heavy (non-hydrogen) atoms. The van der Waals surface area contributed by atoms with Crippen molar-refractivity contribution < 1.29 is 18.3 Å². The summed E-state index contributed by atoms with van der Waals surface area (Å²) in [5.74, 6) is -0.442. The van der Waals surface area contributed by atoms with Crippen molar-refractivity contribution in [1.29, 1.82) is 0 Å². The molecular formula is C15H23NO4S. The molecule has 0 saturated heterocycles. The quantitative estimate of drug-likeness (QED) is 0.732. The minimum atomic E-state index is -3.25. The van der Waals surface area contributed by atoms with E-state index in [4.69, 9.17) is 5.11 Å². The lowest BCUT2D eigenvalue weighted by Crippen LogP contribution is -2.12. The molecule has 2 N–H and O–H groups in total. The summed E-state index contributed by atoms with van der Waals surface area (Å²) in [7, 11) is -3.25. The van der Waals surface area contributed by atoms with E-state index in [2.05, 4.69) is 5.32 Å².